The van der Waals surface area contributed by atoms with Crippen LogP contribution in [0.25, 0.3) is 11.1 Å². The minimum atomic E-state index is -0.802. The first-order chi connectivity index (χ1) is 16.3. The Bertz CT molecular complexity index is 952. The van der Waals surface area contributed by atoms with Crippen molar-refractivity contribution in [2.75, 3.05) is 56.9 Å². The number of carbonyl (C=O) groups is 2. The van der Waals surface area contributed by atoms with E-state index in [0.717, 1.165) is 0 Å². The summed E-state index contributed by atoms with van der Waals surface area (Å²) in [7, 11) is 11.0. The summed E-state index contributed by atoms with van der Waals surface area (Å²) in [6.45, 7) is 0. The highest BCUT2D eigenvalue weighted by Crippen LogP contribution is 2.44. The number of hydrogen-bond acceptors (Lipinski definition) is 10. The normalized spacial score (nSPS) is 11.1. The molecule has 0 spiro atoms. The largest absolute Gasteiger partial charge is 0.493 e. The number of benzene rings is 2. The van der Waals surface area contributed by atoms with Gasteiger partial charge in [-0.05, 0) is 35.4 Å². The van der Waals surface area contributed by atoms with Crippen molar-refractivity contribution in [2.24, 2.45) is 0 Å². The number of carbonyl (C=O) groups excluding carboxylic acids is 2. The second-order valence-electron chi connectivity index (χ2n) is 6.56. The lowest BCUT2D eigenvalue weighted by Gasteiger charge is -2.19. The van der Waals surface area contributed by atoms with Crippen LogP contribution in [0.15, 0.2) is 24.3 Å². The van der Waals surface area contributed by atoms with Gasteiger partial charge in [0.2, 0.25) is 11.5 Å². The van der Waals surface area contributed by atoms with Crippen LogP contribution in [0.3, 0.4) is 0 Å². The van der Waals surface area contributed by atoms with Gasteiger partial charge < -0.3 is 37.9 Å². The van der Waals surface area contributed by atoms with Crippen molar-refractivity contribution in [2.45, 2.75) is 0 Å². The Morgan fingerprint density at radius 1 is 0.471 bits per heavy atom. The summed E-state index contributed by atoms with van der Waals surface area (Å²) in [6.07, 6.45) is 0. The van der Waals surface area contributed by atoms with Crippen LogP contribution in [0, 0.1) is 0 Å². The lowest BCUT2D eigenvalue weighted by molar-refractivity contribution is -0.135. The van der Waals surface area contributed by atoms with Crippen molar-refractivity contribution >= 4 is 23.1 Å². The third-order valence-corrected chi connectivity index (χ3v) is 4.94. The van der Waals surface area contributed by atoms with Gasteiger partial charge in [-0.1, -0.05) is 0 Å². The van der Waals surface area contributed by atoms with Crippen molar-refractivity contribution in [3.8, 4) is 34.5 Å². The van der Waals surface area contributed by atoms with Gasteiger partial charge in [-0.3, -0.25) is 0 Å². The zero-order chi connectivity index (χ0) is 25.4. The second kappa shape index (κ2) is 11.7. The fourth-order valence-electron chi connectivity index (χ4n) is 3.38. The standard InChI is InChI=1S/C24H28O10/c1-27-15-9-13(10-16(28-2)21(15)31-5)19(23(25)33-7)20(24(26)34-8)14-11-17(29-3)22(32-6)18(12-14)30-4/h9-12H,1-8H3/b20-19-. The summed E-state index contributed by atoms with van der Waals surface area (Å²) >= 11 is 0. The Morgan fingerprint density at radius 3 is 0.912 bits per heavy atom. The maximum Gasteiger partial charge on any atom is 0.339 e. The predicted molar refractivity (Wildman–Crippen MR) is 123 cm³/mol. The van der Waals surface area contributed by atoms with Crippen LogP contribution in [0.5, 0.6) is 34.5 Å². The predicted octanol–water partition coefficient (Wildman–Crippen LogP) is 3.00. The number of methoxy groups -OCH3 is 8. The molecule has 10 heteroatoms. The fourth-order valence-corrected chi connectivity index (χ4v) is 3.38. The van der Waals surface area contributed by atoms with Gasteiger partial charge in [-0.2, -0.15) is 0 Å². The van der Waals surface area contributed by atoms with E-state index in [1.54, 1.807) is 0 Å². The molecule has 0 aliphatic carbocycles. The van der Waals surface area contributed by atoms with E-state index >= 15 is 0 Å². The molecule has 0 radical (unpaired) electrons. The maximum atomic E-state index is 13.0. The van der Waals surface area contributed by atoms with Crippen molar-refractivity contribution in [3.63, 3.8) is 0 Å². The van der Waals surface area contributed by atoms with E-state index in [4.69, 9.17) is 37.9 Å². The van der Waals surface area contributed by atoms with E-state index in [2.05, 4.69) is 0 Å². The van der Waals surface area contributed by atoms with Crippen LogP contribution in [-0.4, -0.2) is 68.8 Å². The zero-order valence-corrected chi connectivity index (χ0v) is 20.4. The highest BCUT2D eigenvalue weighted by atomic mass is 16.5. The molecule has 0 saturated heterocycles. The molecule has 0 N–H and O–H groups in total. The van der Waals surface area contributed by atoms with Crippen LogP contribution >= 0.6 is 0 Å². The molecule has 0 aliphatic heterocycles. The Labute approximate surface area is 197 Å². The zero-order valence-electron chi connectivity index (χ0n) is 20.4. The van der Waals surface area contributed by atoms with Gasteiger partial charge in [0.25, 0.3) is 0 Å². The molecule has 2 rings (SSSR count). The van der Waals surface area contributed by atoms with Gasteiger partial charge in [0, 0.05) is 0 Å². The molecule has 10 nitrogen and oxygen atoms in total. The Hall–Kier alpha value is -4.08. The van der Waals surface area contributed by atoms with Gasteiger partial charge in [0.15, 0.2) is 23.0 Å². The lowest BCUT2D eigenvalue weighted by Crippen LogP contribution is -2.14. The van der Waals surface area contributed by atoms with Crippen LogP contribution in [0.1, 0.15) is 11.1 Å². The van der Waals surface area contributed by atoms with E-state index < -0.39 is 11.9 Å². The fraction of sp³-hybridized carbons (Fsp3) is 0.333. The maximum absolute atomic E-state index is 13.0. The van der Waals surface area contributed by atoms with Gasteiger partial charge in [0.05, 0.1) is 68.0 Å². The van der Waals surface area contributed by atoms with E-state index in [-0.39, 0.29) is 45.3 Å². The van der Waals surface area contributed by atoms with E-state index in [1.807, 2.05) is 0 Å². The molecule has 0 aromatic heterocycles. The summed E-state index contributed by atoms with van der Waals surface area (Å²) in [5, 5.41) is 0. The van der Waals surface area contributed by atoms with Gasteiger partial charge >= 0.3 is 11.9 Å². The average Bonchev–Trinajstić information content (AvgIpc) is 2.88. The summed E-state index contributed by atoms with van der Waals surface area (Å²) in [5.41, 5.74) is 0.303. The molecule has 0 fully saturated rings. The topological polar surface area (TPSA) is 108 Å². The Kier molecular flexibility index (Phi) is 9.00. The molecule has 34 heavy (non-hydrogen) atoms. The van der Waals surface area contributed by atoms with Crippen molar-refractivity contribution in [3.05, 3.63) is 35.4 Å². The van der Waals surface area contributed by atoms with Crippen LogP contribution in [-0.2, 0) is 19.1 Å². The smallest absolute Gasteiger partial charge is 0.339 e. The average molecular weight is 476 g/mol. The molecule has 2 aromatic rings. The molecule has 0 amide bonds. The van der Waals surface area contributed by atoms with Gasteiger partial charge in [-0.25, -0.2) is 9.59 Å². The van der Waals surface area contributed by atoms with Crippen LogP contribution in [0.2, 0.25) is 0 Å². The van der Waals surface area contributed by atoms with E-state index in [0.29, 0.717) is 11.5 Å². The molecule has 0 heterocycles. The first-order valence-corrected chi connectivity index (χ1v) is 9.87. The first-order valence-electron chi connectivity index (χ1n) is 9.87. The molecule has 0 saturated carbocycles. The summed E-state index contributed by atoms with van der Waals surface area (Å²) in [4.78, 5) is 26.1. The van der Waals surface area contributed by atoms with Gasteiger partial charge in [0.1, 0.15) is 0 Å². The lowest BCUT2D eigenvalue weighted by atomic mass is 9.93. The van der Waals surface area contributed by atoms with Crippen molar-refractivity contribution < 1.29 is 47.5 Å². The van der Waals surface area contributed by atoms with Crippen molar-refractivity contribution in [1.82, 2.24) is 0 Å². The molecular formula is C24H28O10. The quantitative estimate of drug-likeness (QED) is 0.288. The van der Waals surface area contributed by atoms with Crippen LogP contribution in [0.4, 0.5) is 0 Å². The minimum absolute atomic E-state index is 0.108. The number of ether oxygens (including phenoxy) is 8. The molecule has 0 atom stereocenters. The molecule has 0 aliphatic rings. The molecule has 184 valence electrons. The molecule has 0 bridgehead atoms. The molecular weight excluding hydrogens is 448 g/mol. The monoisotopic (exact) mass is 476 g/mol. The first kappa shape index (κ1) is 26.2. The third kappa shape index (κ3) is 4.95. The second-order valence-corrected chi connectivity index (χ2v) is 6.56. The highest BCUT2D eigenvalue weighted by molar-refractivity contribution is 6.37. The van der Waals surface area contributed by atoms with E-state index in [9.17, 15) is 9.59 Å². The third-order valence-electron chi connectivity index (χ3n) is 4.94. The van der Waals surface area contributed by atoms with Gasteiger partial charge in [-0.15, -0.1) is 0 Å². The number of hydrogen-bond donors (Lipinski definition) is 0. The summed E-state index contributed by atoms with van der Waals surface area (Å²) in [5.74, 6) is 0.0991. The number of rotatable bonds is 10. The Morgan fingerprint density at radius 2 is 0.735 bits per heavy atom. The molecule has 2 aromatic carbocycles. The SMILES string of the molecule is COC(=O)/C(=C(\C(=O)OC)c1cc(OC)c(OC)c(OC)c1)c1cc(OC)c(OC)c(OC)c1. The van der Waals surface area contributed by atoms with Crippen molar-refractivity contribution in [1.29, 1.82) is 0 Å². The summed E-state index contributed by atoms with van der Waals surface area (Å²) in [6, 6.07) is 6.09. The summed E-state index contributed by atoms with van der Waals surface area (Å²) < 4.78 is 42.4. The Balaban J connectivity index is 3.05. The van der Waals surface area contributed by atoms with Crippen LogP contribution < -0.4 is 28.4 Å². The van der Waals surface area contributed by atoms with E-state index in [1.165, 1.54) is 81.1 Å². The number of esters is 2. The minimum Gasteiger partial charge on any atom is -0.493 e. The highest BCUT2D eigenvalue weighted by Gasteiger charge is 2.29. The molecule has 0 unspecified atom stereocenters.